The van der Waals surface area contributed by atoms with Crippen molar-refractivity contribution in [1.82, 2.24) is 0 Å². The van der Waals surface area contributed by atoms with Crippen molar-refractivity contribution in [3.05, 3.63) is 29.8 Å². The smallest absolute Gasteiger partial charge is 0.503 e. The van der Waals surface area contributed by atoms with E-state index in [1.54, 1.807) is 6.07 Å². The normalized spacial score (nSPS) is 9.84. The molecule has 19 heavy (non-hydrogen) atoms. The third-order valence-corrected chi connectivity index (χ3v) is 2.72. The van der Waals surface area contributed by atoms with Crippen LogP contribution in [0.3, 0.4) is 0 Å². The van der Waals surface area contributed by atoms with E-state index in [1.165, 1.54) is 25.7 Å². The zero-order chi connectivity index (χ0) is 14.7. The summed E-state index contributed by atoms with van der Waals surface area (Å²) in [6.07, 6.45) is 4.26. The van der Waals surface area contributed by atoms with Gasteiger partial charge in [-0.15, -0.1) is 0 Å². The number of aryl methyl sites for hydroxylation is 1. The van der Waals surface area contributed by atoms with Crippen molar-refractivity contribution in [2.24, 2.45) is 5.92 Å². The van der Waals surface area contributed by atoms with Crippen LogP contribution in [0.4, 0.5) is 4.79 Å². The number of carboxylic acid groups (broad SMARTS) is 2. The van der Waals surface area contributed by atoms with Gasteiger partial charge in [-0.3, -0.25) is 0 Å². The Hall–Kier alpha value is -1.71. The van der Waals surface area contributed by atoms with Gasteiger partial charge in [0.15, 0.2) is 0 Å². The Morgan fingerprint density at radius 3 is 2.21 bits per heavy atom. The molecule has 3 N–H and O–H groups in total. The molecule has 4 heteroatoms. The largest absolute Gasteiger partial charge is 0.508 e. The Labute approximate surface area is 114 Å². The van der Waals surface area contributed by atoms with Gasteiger partial charge in [0.1, 0.15) is 5.75 Å². The summed E-state index contributed by atoms with van der Waals surface area (Å²) in [6, 6.07) is 7.64. The number of hydrogen-bond donors (Lipinski definition) is 3. The molecule has 1 aromatic rings. The van der Waals surface area contributed by atoms with Crippen molar-refractivity contribution in [3.8, 4) is 5.75 Å². The van der Waals surface area contributed by atoms with Gasteiger partial charge in [-0.2, -0.15) is 0 Å². The quantitative estimate of drug-likeness (QED) is 0.669. The first-order valence-corrected chi connectivity index (χ1v) is 6.62. The number of hydrogen-bond acceptors (Lipinski definition) is 2. The molecule has 0 spiro atoms. The van der Waals surface area contributed by atoms with E-state index in [0.717, 1.165) is 17.9 Å². The highest BCUT2D eigenvalue weighted by molar-refractivity contribution is 5.53. The number of phenolic OH excluding ortho intramolecular Hbond substituents is 1. The molecule has 0 unspecified atom stereocenters. The number of rotatable bonds is 6. The molecule has 0 aliphatic heterocycles. The zero-order valence-electron chi connectivity index (χ0n) is 11.7. The molecule has 0 amide bonds. The van der Waals surface area contributed by atoms with E-state index in [0.29, 0.717) is 5.75 Å². The minimum atomic E-state index is -1.83. The van der Waals surface area contributed by atoms with E-state index in [4.69, 9.17) is 15.0 Å². The zero-order valence-corrected chi connectivity index (χ0v) is 11.7. The van der Waals surface area contributed by atoms with Crippen LogP contribution >= 0.6 is 0 Å². The average molecular weight is 268 g/mol. The van der Waals surface area contributed by atoms with Crippen molar-refractivity contribution in [2.45, 2.75) is 46.0 Å². The van der Waals surface area contributed by atoms with Gasteiger partial charge in [-0.1, -0.05) is 51.3 Å². The Morgan fingerprint density at radius 1 is 1.11 bits per heavy atom. The standard InChI is InChI=1S/C14H22O.CH2O3/c1-12(2)8-4-3-5-9-13-10-6-7-11-14(13)15;2-1(3)4/h6-7,10-12,15H,3-5,8-9H2,1-2H3;(H2,2,3,4). The molecule has 0 aliphatic rings. The Balaban J connectivity index is 0.000000711. The molecule has 1 rings (SSSR count). The van der Waals surface area contributed by atoms with E-state index < -0.39 is 6.16 Å². The van der Waals surface area contributed by atoms with Crippen LogP contribution in [-0.2, 0) is 6.42 Å². The summed E-state index contributed by atoms with van der Waals surface area (Å²) in [5.74, 6) is 1.26. The average Bonchev–Trinajstić information content (AvgIpc) is 2.30. The van der Waals surface area contributed by atoms with Gasteiger partial charge in [0.2, 0.25) is 0 Å². The molecule has 1 aromatic carbocycles. The van der Waals surface area contributed by atoms with Gasteiger partial charge in [-0.25, -0.2) is 4.79 Å². The number of carbonyl (C=O) groups is 1. The second kappa shape index (κ2) is 10.2. The van der Waals surface area contributed by atoms with Crippen LogP contribution in [0.5, 0.6) is 5.75 Å². The minimum Gasteiger partial charge on any atom is -0.508 e. The highest BCUT2D eigenvalue weighted by Gasteiger charge is 1.99. The highest BCUT2D eigenvalue weighted by Crippen LogP contribution is 2.18. The first-order valence-electron chi connectivity index (χ1n) is 6.62. The summed E-state index contributed by atoms with van der Waals surface area (Å²) in [4.78, 5) is 8.56. The summed E-state index contributed by atoms with van der Waals surface area (Å²) in [5, 5.41) is 23.5. The number of phenols is 1. The van der Waals surface area contributed by atoms with Gasteiger partial charge in [-0.05, 0) is 30.4 Å². The minimum absolute atomic E-state index is 0.446. The Kier molecular flexibility index (Phi) is 9.31. The summed E-state index contributed by atoms with van der Waals surface area (Å²) < 4.78 is 0. The van der Waals surface area contributed by atoms with Crippen LogP contribution in [0.2, 0.25) is 0 Å². The summed E-state index contributed by atoms with van der Waals surface area (Å²) in [6.45, 7) is 4.53. The Morgan fingerprint density at radius 2 is 1.68 bits per heavy atom. The highest BCUT2D eigenvalue weighted by atomic mass is 16.6. The van der Waals surface area contributed by atoms with E-state index >= 15 is 0 Å². The number of unbranched alkanes of at least 4 members (excludes halogenated alkanes) is 2. The van der Waals surface area contributed by atoms with Crippen LogP contribution in [-0.4, -0.2) is 21.5 Å². The SMILES string of the molecule is CC(C)CCCCCc1ccccc1O.O=C(O)O. The van der Waals surface area contributed by atoms with Crippen LogP contribution in [0.1, 0.15) is 45.1 Å². The maximum Gasteiger partial charge on any atom is 0.503 e. The lowest BCUT2D eigenvalue weighted by atomic mass is 10.0. The monoisotopic (exact) mass is 268 g/mol. The van der Waals surface area contributed by atoms with Crippen LogP contribution in [0.15, 0.2) is 24.3 Å². The van der Waals surface area contributed by atoms with Gasteiger partial charge in [0, 0.05) is 0 Å². The molecule has 0 bridgehead atoms. The van der Waals surface area contributed by atoms with Gasteiger partial charge in [0.05, 0.1) is 0 Å². The van der Waals surface area contributed by atoms with E-state index in [1.807, 2.05) is 18.2 Å². The fraction of sp³-hybridized carbons (Fsp3) is 0.533. The van der Waals surface area contributed by atoms with Crippen LogP contribution < -0.4 is 0 Å². The van der Waals surface area contributed by atoms with Crippen molar-refractivity contribution in [1.29, 1.82) is 0 Å². The Bertz CT molecular complexity index is 357. The third kappa shape index (κ3) is 11.1. The molecule has 0 saturated heterocycles. The van der Waals surface area contributed by atoms with Crippen molar-refractivity contribution < 1.29 is 20.1 Å². The molecule has 0 atom stereocenters. The first-order chi connectivity index (χ1) is 8.93. The van der Waals surface area contributed by atoms with Crippen LogP contribution in [0, 0.1) is 5.92 Å². The van der Waals surface area contributed by atoms with E-state index in [-0.39, 0.29) is 0 Å². The molecule has 0 aromatic heterocycles. The summed E-state index contributed by atoms with van der Waals surface area (Å²) in [7, 11) is 0. The second-order valence-electron chi connectivity index (χ2n) is 4.90. The molecule has 0 heterocycles. The molecular weight excluding hydrogens is 244 g/mol. The molecular formula is C15H24O4. The van der Waals surface area contributed by atoms with Crippen molar-refractivity contribution in [3.63, 3.8) is 0 Å². The molecule has 0 radical (unpaired) electrons. The second-order valence-corrected chi connectivity index (χ2v) is 4.90. The molecule has 0 fully saturated rings. The first kappa shape index (κ1) is 17.3. The summed E-state index contributed by atoms with van der Waals surface area (Å²) >= 11 is 0. The van der Waals surface area contributed by atoms with Gasteiger partial charge in [0.25, 0.3) is 0 Å². The molecule has 4 nitrogen and oxygen atoms in total. The fourth-order valence-electron chi connectivity index (χ4n) is 1.77. The lowest BCUT2D eigenvalue weighted by Gasteiger charge is -2.05. The van der Waals surface area contributed by atoms with Crippen molar-refractivity contribution >= 4 is 6.16 Å². The van der Waals surface area contributed by atoms with Gasteiger partial charge >= 0.3 is 6.16 Å². The van der Waals surface area contributed by atoms with Crippen LogP contribution in [0.25, 0.3) is 0 Å². The molecule has 0 saturated carbocycles. The molecule has 108 valence electrons. The fourth-order valence-corrected chi connectivity index (χ4v) is 1.77. The predicted octanol–water partition coefficient (Wildman–Crippen LogP) is 4.37. The lowest BCUT2D eigenvalue weighted by molar-refractivity contribution is 0.137. The third-order valence-electron chi connectivity index (χ3n) is 2.72. The maximum atomic E-state index is 9.56. The van der Waals surface area contributed by atoms with Crippen molar-refractivity contribution in [2.75, 3.05) is 0 Å². The number of aromatic hydroxyl groups is 1. The van der Waals surface area contributed by atoms with E-state index in [9.17, 15) is 5.11 Å². The molecule has 0 aliphatic carbocycles. The van der Waals surface area contributed by atoms with Gasteiger partial charge < -0.3 is 15.3 Å². The number of benzene rings is 1. The maximum absolute atomic E-state index is 9.56. The predicted molar refractivity (Wildman–Crippen MR) is 75.8 cm³/mol. The van der Waals surface area contributed by atoms with E-state index in [2.05, 4.69) is 13.8 Å². The summed E-state index contributed by atoms with van der Waals surface area (Å²) in [5.41, 5.74) is 1.09. The lowest BCUT2D eigenvalue weighted by Crippen LogP contribution is -1.89. The number of para-hydroxylation sites is 1. The topological polar surface area (TPSA) is 77.8 Å².